The van der Waals surface area contributed by atoms with E-state index >= 15 is 0 Å². The number of nitriles is 1. The maximum atomic E-state index is 12.4. The lowest BCUT2D eigenvalue weighted by atomic mass is 10.2. The summed E-state index contributed by atoms with van der Waals surface area (Å²) >= 11 is 12.0. The average molecular weight is 404 g/mol. The molecule has 140 valence electrons. The SMILES string of the molecule is N#C/C(=C/c1ccc(N2CCCCCC2)o1)C(=O)Nc1cccc(Cl)c1Cl. The zero-order chi connectivity index (χ0) is 19.2. The van der Waals surface area contributed by atoms with Crippen LogP contribution in [0, 0.1) is 11.3 Å². The zero-order valence-electron chi connectivity index (χ0n) is 14.7. The second kappa shape index (κ2) is 8.98. The molecule has 5 nitrogen and oxygen atoms in total. The summed E-state index contributed by atoms with van der Waals surface area (Å²) in [4.78, 5) is 14.6. The van der Waals surface area contributed by atoms with Crippen LogP contribution in [0.15, 0.2) is 40.3 Å². The van der Waals surface area contributed by atoms with Crippen LogP contribution in [-0.4, -0.2) is 19.0 Å². The number of hydrogen-bond acceptors (Lipinski definition) is 4. The standard InChI is InChI=1S/C20H19Cl2N3O2/c21-16-6-5-7-17(19(16)22)24-20(26)14(13-23)12-15-8-9-18(27-15)25-10-3-1-2-4-11-25/h5-9,12H,1-4,10-11H2,(H,24,26)/b14-12-. The van der Waals surface area contributed by atoms with Crippen LogP contribution in [0.5, 0.6) is 0 Å². The molecule has 0 aliphatic carbocycles. The number of amides is 1. The summed E-state index contributed by atoms with van der Waals surface area (Å²) in [7, 11) is 0. The highest BCUT2D eigenvalue weighted by molar-refractivity contribution is 6.44. The van der Waals surface area contributed by atoms with Crippen molar-refractivity contribution in [3.63, 3.8) is 0 Å². The molecule has 0 saturated carbocycles. The van der Waals surface area contributed by atoms with Crippen LogP contribution in [0.4, 0.5) is 11.6 Å². The van der Waals surface area contributed by atoms with Gasteiger partial charge in [0.2, 0.25) is 0 Å². The van der Waals surface area contributed by atoms with Crippen LogP contribution >= 0.6 is 23.2 Å². The van der Waals surface area contributed by atoms with E-state index in [0.29, 0.717) is 16.5 Å². The van der Waals surface area contributed by atoms with Crippen LogP contribution < -0.4 is 10.2 Å². The number of hydrogen-bond donors (Lipinski definition) is 1. The highest BCUT2D eigenvalue weighted by atomic mass is 35.5. The molecule has 1 aliphatic heterocycles. The largest absolute Gasteiger partial charge is 0.441 e. The second-order valence-electron chi connectivity index (χ2n) is 6.30. The van der Waals surface area contributed by atoms with Gasteiger partial charge in [0.05, 0.1) is 15.7 Å². The normalized spacial score (nSPS) is 15.1. The first-order chi connectivity index (χ1) is 13.1. The van der Waals surface area contributed by atoms with Crippen LogP contribution in [0.3, 0.4) is 0 Å². The number of carbonyl (C=O) groups is 1. The van der Waals surface area contributed by atoms with Crippen molar-refractivity contribution in [2.24, 2.45) is 0 Å². The molecule has 0 unspecified atom stereocenters. The molecule has 1 aromatic heterocycles. The molecular formula is C20H19Cl2N3O2. The van der Waals surface area contributed by atoms with E-state index < -0.39 is 5.91 Å². The summed E-state index contributed by atoms with van der Waals surface area (Å²) in [5, 5.41) is 12.5. The van der Waals surface area contributed by atoms with Crippen LogP contribution in [0.2, 0.25) is 10.0 Å². The fourth-order valence-electron chi connectivity index (χ4n) is 2.96. The Bertz CT molecular complexity index is 891. The van der Waals surface area contributed by atoms with Gasteiger partial charge < -0.3 is 14.6 Å². The van der Waals surface area contributed by atoms with Crippen molar-refractivity contribution >= 4 is 46.8 Å². The van der Waals surface area contributed by atoms with Gasteiger partial charge in [-0.3, -0.25) is 4.79 Å². The minimum absolute atomic E-state index is 0.0807. The molecule has 27 heavy (non-hydrogen) atoms. The number of benzene rings is 1. The minimum atomic E-state index is -0.575. The number of halogens is 2. The Morgan fingerprint density at radius 3 is 2.59 bits per heavy atom. The van der Waals surface area contributed by atoms with Gasteiger partial charge in [-0.05, 0) is 31.0 Å². The number of nitrogens with one attached hydrogen (secondary N) is 1. The Morgan fingerprint density at radius 2 is 1.89 bits per heavy atom. The molecule has 0 spiro atoms. The highest BCUT2D eigenvalue weighted by Crippen LogP contribution is 2.30. The predicted octanol–water partition coefficient (Wildman–Crippen LogP) is 5.51. The Balaban J connectivity index is 1.75. The lowest BCUT2D eigenvalue weighted by Gasteiger charge is -2.18. The summed E-state index contributed by atoms with van der Waals surface area (Å²) in [6, 6.07) is 10.4. The van der Waals surface area contributed by atoms with Crippen molar-refractivity contribution in [3.05, 3.63) is 51.7 Å². The summed E-state index contributed by atoms with van der Waals surface area (Å²) in [6.45, 7) is 1.91. The Labute approximate surface area is 168 Å². The van der Waals surface area contributed by atoms with Crippen molar-refractivity contribution in [2.45, 2.75) is 25.7 Å². The minimum Gasteiger partial charge on any atom is -0.441 e. The lowest BCUT2D eigenvalue weighted by Crippen LogP contribution is -2.23. The van der Waals surface area contributed by atoms with Gasteiger partial charge in [0.25, 0.3) is 5.91 Å². The average Bonchev–Trinajstić information content (AvgIpc) is 2.95. The van der Waals surface area contributed by atoms with Crippen LogP contribution in [0.25, 0.3) is 6.08 Å². The number of rotatable bonds is 4. The van der Waals surface area contributed by atoms with Gasteiger partial charge in [-0.1, -0.05) is 42.1 Å². The zero-order valence-corrected chi connectivity index (χ0v) is 16.2. The van der Waals surface area contributed by atoms with E-state index in [9.17, 15) is 10.1 Å². The molecule has 1 aromatic carbocycles. The monoisotopic (exact) mass is 403 g/mol. The molecule has 0 bridgehead atoms. The van der Waals surface area contributed by atoms with Crippen molar-refractivity contribution in [2.75, 3.05) is 23.3 Å². The molecular weight excluding hydrogens is 385 g/mol. The Hall–Kier alpha value is -2.42. The third kappa shape index (κ3) is 4.85. The van der Waals surface area contributed by atoms with Gasteiger partial charge in [-0.25, -0.2) is 0 Å². The molecule has 1 aliphatic rings. The van der Waals surface area contributed by atoms with Gasteiger partial charge in [-0.2, -0.15) is 5.26 Å². The summed E-state index contributed by atoms with van der Waals surface area (Å²) < 4.78 is 5.83. The third-order valence-electron chi connectivity index (χ3n) is 4.38. The molecule has 2 heterocycles. The number of carbonyl (C=O) groups excluding carboxylic acids is 1. The molecule has 0 radical (unpaired) electrons. The van der Waals surface area contributed by atoms with Crippen LogP contribution in [0.1, 0.15) is 31.4 Å². The Kier molecular flexibility index (Phi) is 6.44. The van der Waals surface area contributed by atoms with E-state index in [1.54, 1.807) is 24.3 Å². The van der Waals surface area contributed by atoms with Crippen LogP contribution in [-0.2, 0) is 4.79 Å². The molecule has 3 rings (SSSR count). The van der Waals surface area contributed by atoms with E-state index in [0.717, 1.165) is 31.8 Å². The molecule has 1 saturated heterocycles. The smallest absolute Gasteiger partial charge is 0.266 e. The third-order valence-corrected chi connectivity index (χ3v) is 5.20. The molecule has 2 aromatic rings. The van der Waals surface area contributed by atoms with Crippen molar-refractivity contribution in [1.82, 2.24) is 0 Å². The summed E-state index contributed by atoms with van der Waals surface area (Å²) in [6.07, 6.45) is 6.16. The Morgan fingerprint density at radius 1 is 1.15 bits per heavy atom. The first-order valence-corrected chi connectivity index (χ1v) is 9.56. The van der Waals surface area contributed by atoms with Crippen molar-refractivity contribution < 1.29 is 9.21 Å². The maximum absolute atomic E-state index is 12.4. The fraction of sp³-hybridized carbons (Fsp3) is 0.300. The summed E-state index contributed by atoms with van der Waals surface area (Å²) in [5.41, 5.74) is 0.267. The summed E-state index contributed by atoms with van der Waals surface area (Å²) in [5.74, 6) is 0.645. The topological polar surface area (TPSA) is 69.3 Å². The first-order valence-electron chi connectivity index (χ1n) is 8.80. The van der Waals surface area contributed by atoms with Crippen molar-refractivity contribution in [3.8, 4) is 6.07 Å². The number of furan rings is 1. The van der Waals surface area contributed by atoms with Gasteiger partial charge >= 0.3 is 0 Å². The van der Waals surface area contributed by atoms with E-state index in [2.05, 4.69) is 10.2 Å². The van der Waals surface area contributed by atoms with Crippen molar-refractivity contribution in [1.29, 1.82) is 5.26 Å². The van der Waals surface area contributed by atoms with E-state index in [1.165, 1.54) is 18.9 Å². The molecule has 1 amide bonds. The van der Waals surface area contributed by atoms with Gasteiger partial charge in [-0.15, -0.1) is 0 Å². The van der Waals surface area contributed by atoms with E-state index in [4.69, 9.17) is 27.6 Å². The van der Waals surface area contributed by atoms with Gasteiger partial charge in [0, 0.05) is 25.2 Å². The predicted molar refractivity (Wildman–Crippen MR) is 108 cm³/mol. The maximum Gasteiger partial charge on any atom is 0.266 e. The lowest BCUT2D eigenvalue weighted by molar-refractivity contribution is -0.112. The highest BCUT2D eigenvalue weighted by Gasteiger charge is 2.16. The number of nitrogens with zero attached hydrogens (tertiary/aromatic N) is 2. The second-order valence-corrected chi connectivity index (χ2v) is 7.09. The molecule has 7 heteroatoms. The first kappa shape index (κ1) is 19.3. The fourth-order valence-corrected chi connectivity index (χ4v) is 3.31. The molecule has 1 fully saturated rings. The number of anilines is 2. The quantitative estimate of drug-likeness (QED) is 0.539. The molecule has 1 N–H and O–H groups in total. The van der Waals surface area contributed by atoms with E-state index in [-0.39, 0.29) is 10.6 Å². The molecule has 0 atom stereocenters. The van der Waals surface area contributed by atoms with Gasteiger partial charge in [0.1, 0.15) is 17.4 Å². The van der Waals surface area contributed by atoms with E-state index in [1.807, 2.05) is 12.1 Å². The van der Waals surface area contributed by atoms with Gasteiger partial charge in [0.15, 0.2) is 5.88 Å².